The van der Waals surface area contributed by atoms with Crippen molar-refractivity contribution in [2.24, 2.45) is 5.41 Å². The lowest BCUT2D eigenvalue weighted by atomic mass is 9.73. The molecule has 2 N–H and O–H groups in total. The number of hydrogen-bond acceptors (Lipinski definition) is 9. The van der Waals surface area contributed by atoms with Crippen molar-refractivity contribution in [3.8, 4) is 28.4 Å². The summed E-state index contributed by atoms with van der Waals surface area (Å²) in [6.45, 7) is 7.91. The number of ether oxygens (including phenoxy) is 2. The van der Waals surface area contributed by atoms with Gasteiger partial charge in [0.2, 0.25) is 0 Å². The monoisotopic (exact) mass is 513 g/mol. The molecular formula is C26H32ClN5O4. The molecule has 0 amide bonds. The maximum Gasteiger partial charge on any atom is 0.163 e. The molecule has 10 heteroatoms. The van der Waals surface area contributed by atoms with Crippen molar-refractivity contribution < 1.29 is 19.1 Å². The van der Waals surface area contributed by atoms with Crippen molar-refractivity contribution in [2.45, 2.75) is 32.8 Å². The fourth-order valence-electron chi connectivity index (χ4n) is 4.99. The van der Waals surface area contributed by atoms with E-state index >= 15 is 0 Å². The van der Waals surface area contributed by atoms with Gasteiger partial charge in [0.05, 0.1) is 22.0 Å². The number of aliphatic hydroxyl groups is 1. The summed E-state index contributed by atoms with van der Waals surface area (Å²) in [6, 6.07) is 7.37. The number of aryl methyl sites for hydroxylation is 2. The van der Waals surface area contributed by atoms with Crippen LogP contribution < -0.4 is 15.0 Å². The summed E-state index contributed by atoms with van der Waals surface area (Å²) in [6.07, 6.45) is 1.52. The zero-order valence-corrected chi connectivity index (χ0v) is 21.6. The Hall–Kier alpha value is -2.72. The molecule has 4 heterocycles. The minimum absolute atomic E-state index is 0.159. The van der Waals surface area contributed by atoms with E-state index in [1.54, 1.807) is 19.2 Å². The number of benzene rings is 1. The van der Waals surface area contributed by atoms with Crippen LogP contribution in [0.5, 0.6) is 5.75 Å². The molecule has 2 fully saturated rings. The Labute approximate surface area is 215 Å². The summed E-state index contributed by atoms with van der Waals surface area (Å²) in [5.41, 5.74) is 3.33. The van der Waals surface area contributed by atoms with E-state index in [2.05, 4.69) is 15.4 Å². The number of anilines is 1. The van der Waals surface area contributed by atoms with Crippen molar-refractivity contribution in [1.29, 1.82) is 0 Å². The van der Waals surface area contributed by atoms with E-state index in [1.807, 2.05) is 26.0 Å². The van der Waals surface area contributed by atoms with E-state index in [9.17, 15) is 5.11 Å². The number of nitrogens with one attached hydrogen (secondary N) is 1. The summed E-state index contributed by atoms with van der Waals surface area (Å²) in [4.78, 5) is 12.1. The topological polar surface area (TPSA) is 106 Å². The minimum atomic E-state index is -0.622. The summed E-state index contributed by atoms with van der Waals surface area (Å²) < 4.78 is 16.8. The van der Waals surface area contributed by atoms with Crippen LogP contribution in [-0.2, 0) is 4.74 Å². The first-order chi connectivity index (χ1) is 17.4. The number of aromatic nitrogens is 3. The molecule has 0 bridgehead atoms. The molecule has 36 heavy (non-hydrogen) atoms. The molecule has 0 aliphatic carbocycles. The number of nitrogens with zero attached hydrogens (tertiary/aromatic N) is 4. The van der Waals surface area contributed by atoms with E-state index < -0.39 is 6.10 Å². The second kappa shape index (κ2) is 10.3. The molecule has 192 valence electrons. The predicted octanol–water partition coefficient (Wildman–Crippen LogP) is 3.64. The van der Waals surface area contributed by atoms with Crippen LogP contribution in [0.3, 0.4) is 0 Å². The largest absolute Gasteiger partial charge is 0.491 e. The van der Waals surface area contributed by atoms with Gasteiger partial charge in [-0.25, -0.2) is 9.97 Å². The third-order valence-corrected chi connectivity index (χ3v) is 7.32. The molecule has 2 aromatic heterocycles. The molecule has 2 aliphatic heterocycles. The molecule has 1 spiro atoms. The Morgan fingerprint density at radius 3 is 2.67 bits per heavy atom. The van der Waals surface area contributed by atoms with E-state index in [1.165, 1.54) is 0 Å². The number of halogens is 1. The van der Waals surface area contributed by atoms with Crippen LogP contribution in [0.15, 0.2) is 28.8 Å². The van der Waals surface area contributed by atoms with Crippen LogP contribution in [0.1, 0.15) is 24.3 Å². The van der Waals surface area contributed by atoms with Crippen molar-refractivity contribution in [3.05, 3.63) is 40.7 Å². The number of hydrogen-bond donors (Lipinski definition) is 2. The molecule has 0 saturated carbocycles. The highest BCUT2D eigenvalue weighted by Gasteiger charge is 2.44. The number of rotatable bonds is 8. The molecular weight excluding hydrogens is 482 g/mol. The standard InChI is InChI=1S/C26H32ClN5O4/c1-16-24(17(2)36-31-16)22-11-23(32-14-26(15-32)6-8-34-9-7-26)30-25(29-22)20-10-19(4-5-21(20)27)35-13-18(33)12-28-3/h4-5,10-11,18,28,33H,6-9,12-15H2,1-3H3/t18-/m1/s1. The lowest BCUT2D eigenvalue weighted by Crippen LogP contribution is -2.58. The molecule has 5 rings (SSSR count). The molecule has 0 radical (unpaired) electrons. The average molecular weight is 514 g/mol. The van der Waals surface area contributed by atoms with Gasteiger partial charge in [-0.15, -0.1) is 0 Å². The molecule has 9 nitrogen and oxygen atoms in total. The van der Waals surface area contributed by atoms with Crippen LogP contribution >= 0.6 is 11.6 Å². The maximum absolute atomic E-state index is 10.0. The quantitative estimate of drug-likeness (QED) is 0.467. The van der Waals surface area contributed by atoms with E-state index in [4.69, 9.17) is 35.6 Å². The van der Waals surface area contributed by atoms with Gasteiger partial charge < -0.3 is 29.3 Å². The highest BCUT2D eigenvalue weighted by atomic mass is 35.5. The average Bonchev–Trinajstić information content (AvgIpc) is 3.20. The van der Waals surface area contributed by atoms with Gasteiger partial charge in [0.1, 0.15) is 30.0 Å². The summed E-state index contributed by atoms with van der Waals surface area (Å²) >= 11 is 6.63. The summed E-state index contributed by atoms with van der Waals surface area (Å²) in [5.74, 6) is 2.64. The predicted molar refractivity (Wildman–Crippen MR) is 138 cm³/mol. The Kier molecular flexibility index (Phi) is 7.16. The second-order valence-electron chi connectivity index (χ2n) is 9.77. The van der Waals surface area contributed by atoms with Crippen LogP contribution in [-0.4, -0.2) is 72.8 Å². The third kappa shape index (κ3) is 5.06. The SMILES string of the molecule is CNC[C@@H](O)COc1ccc(Cl)c(-c2nc(-c3c(C)noc3C)cc(N3CC4(CCOCC4)C3)n2)c1. The molecule has 1 atom stereocenters. The van der Waals surface area contributed by atoms with Gasteiger partial charge in [-0.3, -0.25) is 0 Å². The Bertz CT molecular complexity index is 1200. The number of likely N-dealkylation sites (N-methyl/N-ethyl adjacent to an activating group) is 1. The van der Waals surface area contributed by atoms with Crippen molar-refractivity contribution in [3.63, 3.8) is 0 Å². The van der Waals surface area contributed by atoms with E-state index in [0.29, 0.717) is 39.9 Å². The van der Waals surface area contributed by atoms with E-state index in [-0.39, 0.29) is 6.61 Å². The van der Waals surface area contributed by atoms with Crippen LogP contribution in [0.25, 0.3) is 22.6 Å². The van der Waals surface area contributed by atoms with Gasteiger partial charge >= 0.3 is 0 Å². The van der Waals surface area contributed by atoms with Gasteiger partial charge in [0, 0.05) is 49.9 Å². The molecule has 2 saturated heterocycles. The van der Waals surface area contributed by atoms with E-state index in [0.717, 1.165) is 61.9 Å². The Balaban J connectivity index is 1.50. The van der Waals surface area contributed by atoms with Crippen molar-refractivity contribution >= 4 is 17.4 Å². The first kappa shape index (κ1) is 25.0. The van der Waals surface area contributed by atoms with Crippen LogP contribution in [0, 0.1) is 19.3 Å². The van der Waals surface area contributed by atoms with Crippen molar-refractivity contribution in [2.75, 3.05) is 51.4 Å². The Morgan fingerprint density at radius 1 is 1.19 bits per heavy atom. The highest BCUT2D eigenvalue weighted by molar-refractivity contribution is 6.33. The van der Waals surface area contributed by atoms with Gasteiger partial charge in [0.15, 0.2) is 5.82 Å². The zero-order valence-electron chi connectivity index (χ0n) is 20.9. The van der Waals surface area contributed by atoms with Crippen LogP contribution in [0.4, 0.5) is 5.82 Å². The highest BCUT2D eigenvalue weighted by Crippen LogP contribution is 2.43. The maximum atomic E-state index is 10.0. The van der Waals surface area contributed by atoms with Gasteiger partial charge in [-0.2, -0.15) is 0 Å². The third-order valence-electron chi connectivity index (χ3n) is 6.99. The fourth-order valence-corrected chi connectivity index (χ4v) is 5.19. The first-order valence-corrected chi connectivity index (χ1v) is 12.7. The minimum Gasteiger partial charge on any atom is -0.491 e. The fraction of sp³-hybridized carbons (Fsp3) is 0.500. The van der Waals surface area contributed by atoms with Crippen LogP contribution in [0.2, 0.25) is 5.02 Å². The molecule has 0 unspecified atom stereocenters. The molecule has 2 aliphatic rings. The summed E-state index contributed by atoms with van der Waals surface area (Å²) in [5, 5.41) is 17.6. The second-order valence-corrected chi connectivity index (χ2v) is 10.2. The molecule has 1 aromatic carbocycles. The smallest absolute Gasteiger partial charge is 0.163 e. The number of aliphatic hydroxyl groups excluding tert-OH is 1. The first-order valence-electron chi connectivity index (χ1n) is 12.3. The van der Waals surface area contributed by atoms with Gasteiger partial charge in [-0.1, -0.05) is 16.8 Å². The zero-order chi connectivity index (χ0) is 25.3. The van der Waals surface area contributed by atoms with Crippen molar-refractivity contribution in [1.82, 2.24) is 20.4 Å². The Morgan fingerprint density at radius 2 is 1.97 bits per heavy atom. The lowest BCUT2D eigenvalue weighted by Gasteiger charge is -2.52. The van der Waals surface area contributed by atoms with Gasteiger partial charge in [0.25, 0.3) is 0 Å². The summed E-state index contributed by atoms with van der Waals surface area (Å²) in [7, 11) is 1.78. The molecule has 3 aromatic rings. The normalized spacial score (nSPS) is 17.8. The lowest BCUT2D eigenvalue weighted by molar-refractivity contribution is -0.000453. The van der Waals surface area contributed by atoms with Gasteiger partial charge in [-0.05, 0) is 51.9 Å².